The minimum absolute atomic E-state index is 0.0153. The molecule has 0 nitrogen and oxygen atoms in total. The third-order valence-electron chi connectivity index (χ3n) is 5.66. The number of hydrogen-bond acceptors (Lipinski definition) is 0. The van der Waals surface area contributed by atoms with Crippen LogP contribution in [-0.4, -0.2) is 0 Å². The third-order valence-corrected chi connectivity index (χ3v) is 5.66. The van der Waals surface area contributed by atoms with Crippen molar-refractivity contribution >= 4 is 0 Å². The quantitative estimate of drug-likeness (QED) is 0.230. The molecule has 0 aromatic carbocycles. The molecule has 0 aromatic rings. The van der Waals surface area contributed by atoms with E-state index in [2.05, 4.69) is 62.3 Å². The van der Waals surface area contributed by atoms with Crippen molar-refractivity contribution in [3.05, 3.63) is 0 Å². The maximum absolute atomic E-state index is 7.58. The molecule has 0 aliphatic rings. The first-order valence-corrected chi connectivity index (χ1v) is 17.3. The van der Waals surface area contributed by atoms with Gasteiger partial charge in [-0.05, 0) is 58.2 Å². The lowest BCUT2D eigenvalue weighted by Crippen LogP contribution is -2.03. The average Bonchev–Trinajstić information content (AvgIpc) is 2.89. The van der Waals surface area contributed by atoms with E-state index in [1.54, 1.807) is 6.92 Å². The van der Waals surface area contributed by atoms with Crippen LogP contribution in [0.5, 0.6) is 0 Å². The Labute approximate surface area is 322 Å². The molecule has 0 saturated heterocycles. The fourth-order valence-electron chi connectivity index (χ4n) is 2.26. The zero-order valence-corrected chi connectivity index (χ0v) is 34.8. The highest BCUT2D eigenvalue weighted by Gasteiger charge is 2.09. The van der Waals surface area contributed by atoms with E-state index in [0.717, 1.165) is 32.1 Å². The van der Waals surface area contributed by atoms with E-state index in [1.165, 1.54) is 6.92 Å². The van der Waals surface area contributed by atoms with Crippen LogP contribution in [0.4, 0.5) is 0 Å². The lowest BCUT2D eigenvalue weighted by atomic mass is 9.89. The van der Waals surface area contributed by atoms with Crippen molar-refractivity contribution in [3.63, 3.8) is 0 Å². The highest BCUT2D eigenvalue weighted by molar-refractivity contribution is 4.62. The zero-order valence-electron chi connectivity index (χ0n) is 54.8. The highest BCUT2D eigenvalue weighted by Crippen LogP contribution is 2.23. The van der Waals surface area contributed by atoms with Gasteiger partial charge in [0, 0.05) is 27.4 Å². The van der Waals surface area contributed by atoms with Crippen LogP contribution in [0.15, 0.2) is 0 Å². The van der Waals surface area contributed by atoms with E-state index in [0.29, 0.717) is 32.1 Å². The van der Waals surface area contributed by atoms with Crippen LogP contribution in [0, 0.1) is 32.5 Å². The summed E-state index contributed by atoms with van der Waals surface area (Å²) in [7, 11) is 0. The molecular weight excluding hydrogens is 540 g/mol. The van der Waals surface area contributed by atoms with E-state index in [-0.39, 0.29) is 38.9 Å². The van der Waals surface area contributed by atoms with Gasteiger partial charge in [-0.25, -0.2) is 0 Å². The summed E-state index contributed by atoms with van der Waals surface area (Å²) in [6.45, 7) is 31.5. The van der Waals surface area contributed by atoms with Crippen LogP contribution in [0.1, 0.15) is 289 Å². The van der Waals surface area contributed by atoms with Gasteiger partial charge < -0.3 is 0 Å². The second-order valence-electron chi connectivity index (χ2n) is 18.8. The van der Waals surface area contributed by atoms with E-state index >= 15 is 0 Å². The topological polar surface area (TPSA) is 0 Å². The van der Waals surface area contributed by atoms with Gasteiger partial charge in [0.1, 0.15) is 0 Å². The number of rotatable bonds is 9. The van der Waals surface area contributed by atoms with Gasteiger partial charge in [-0.1, -0.05) is 236 Å². The van der Waals surface area contributed by atoms with Gasteiger partial charge >= 0.3 is 0 Å². The van der Waals surface area contributed by atoms with Gasteiger partial charge in [0.05, 0.1) is 0 Å². The van der Waals surface area contributed by atoms with Crippen molar-refractivity contribution in [2.45, 2.75) is 262 Å². The van der Waals surface area contributed by atoms with Crippen LogP contribution in [0.25, 0.3) is 0 Å². The molecule has 0 aliphatic carbocycles. The molecule has 282 valence electrons. The Morgan fingerprint density at radius 1 is 0.378 bits per heavy atom. The first kappa shape index (κ1) is 25.0. The van der Waals surface area contributed by atoms with E-state index < -0.39 is 52.9 Å². The molecule has 0 radical (unpaired) electrons. The summed E-state index contributed by atoms with van der Waals surface area (Å²) in [6, 6.07) is 0. The molecule has 0 atom stereocenters. The fourth-order valence-corrected chi connectivity index (χ4v) is 2.26. The Kier molecular flexibility index (Phi) is 17.4. The molecule has 0 bridgehead atoms. The van der Waals surface area contributed by atoms with Crippen LogP contribution < -0.4 is 0 Å². The Morgan fingerprint density at radius 3 is 1.02 bits per heavy atom. The molecule has 0 spiro atoms. The molecule has 0 unspecified atom stereocenters. The molecule has 0 heterocycles. The molecule has 0 aliphatic heterocycles. The average molecular weight is 663 g/mol. The zero-order chi connectivity index (χ0) is 54.8. The fraction of sp³-hybridized carbons (Fsp3) is 1.00. The summed E-state index contributed by atoms with van der Waals surface area (Å²) in [4.78, 5) is 0. The Morgan fingerprint density at radius 2 is 0.778 bits per heavy atom. The standard InChI is InChI=1S/C10H22.2C8H18.C7H16.2C6H14/c1-5-6-7-8-9-10(2,3)4;2*1-5-6-7-8(2,3)4;1-5-6-7(2,3)4;2*1-5-6(2,3)4/h5-9H2,1-4H3;2*5-7H2,1-4H3;5-6H2,1-4H3;2*5H2,1-4H3/i5D2,6D2;1D3,5D2;2*1D3;5D2;1D3. The summed E-state index contributed by atoms with van der Waals surface area (Å²) >= 11 is 0. The maximum atomic E-state index is 7.58. The van der Waals surface area contributed by atoms with Crippen LogP contribution in [-0.2, 0) is 0 Å². The smallest absolute Gasteiger partial charge is 0.0269 e. The van der Waals surface area contributed by atoms with Crippen LogP contribution in [0.2, 0.25) is 0 Å². The Hall–Kier alpha value is 0. The maximum Gasteiger partial charge on any atom is 0.0269 e. The van der Waals surface area contributed by atoms with Crippen LogP contribution >= 0.6 is 0 Å². The third kappa shape index (κ3) is 106. The first-order chi connectivity index (χ1) is 27.3. The number of hydrogen-bond donors (Lipinski definition) is 0. The van der Waals surface area contributed by atoms with Crippen molar-refractivity contribution < 1.29 is 27.4 Å². The molecule has 0 saturated carbocycles. The van der Waals surface area contributed by atoms with Gasteiger partial charge in [0.25, 0.3) is 0 Å². The molecule has 0 rings (SSSR count). The summed E-state index contributed by atoms with van der Waals surface area (Å²) in [5, 5.41) is 0. The van der Waals surface area contributed by atoms with Gasteiger partial charge in [-0.3, -0.25) is 0 Å². The Balaban J connectivity index is -0.000000162. The second kappa shape index (κ2) is 31.3. The van der Waals surface area contributed by atoms with Crippen molar-refractivity contribution in [2.75, 3.05) is 0 Å². The van der Waals surface area contributed by atoms with E-state index in [9.17, 15) is 0 Å². The summed E-state index contributed by atoms with van der Waals surface area (Å²) in [5.41, 5.74) is 0.299. The minimum Gasteiger partial charge on any atom is -0.0654 e. The lowest BCUT2D eigenvalue weighted by Gasteiger charge is -2.17. The molecule has 0 N–H and O–H groups in total. The molecule has 0 aromatic heterocycles. The van der Waals surface area contributed by atoms with Gasteiger partial charge in [0.2, 0.25) is 0 Å². The predicted molar refractivity (Wildman–Crippen MR) is 220 cm³/mol. The first-order valence-electron chi connectivity index (χ1n) is 27.3. The normalized spacial score (nSPS) is 21.0. The lowest BCUT2D eigenvalue weighted by molar-refractivity contribution is 0.357. The van der Waals surface area contributed by atoms with Gasteiger partial charge in [-0.15, -0.1) is 0 Å². The predicted octanol–water partition coefficient (Wildman–Crippen LogP) is 18.2. The molecule has 45 heavy (non-hydrogen) atoms. The molecular formula is C45H102. The summed E-state index contributed by atoms with van der Waals surface area (Å²) in [5.74, 6) is 0. The van der Waals surface area contributed by atoms with E-state index in [4.69, 9.17) is 27.4 Å². The molecule has 0 heteroatoms. The van der Waals surface area contributed by atoms with Crippen molar-refractivity contribution in [3.8, 4) is 0 Å². The Bertz CT molecular complexity index is 1130. The monoisotopic (exact) mass is 663 g/mol. The van der Waals surface area contributed by atoms with Crippen LogP contribution in [0.3, 0.4) is 0 Å². The largest absolute Gasteiger partial charge is 0.0654 e. The van der Waals surface area contributed by atoms with Gasteiger partial charge in [-0.2, -0.15) is 0 Å². The van der Waals surface area contributed by atoms with Crippen molar-refractivity contribution in [2.24, 2.45) is 32.5 Å². The second-order valence-corrected chi connectivity index (χ2v) is 18.8. The van der Waals surface area contributed by atoms with Crippen molar-refractivity contribution in [1.82, 2.24) is 0 Å². The minimum atomic E-state index is -2.50. The van der Waals surface area contributed by atoms with Crippen molar-refractivity contribution in [1.29, 1.82) is 0 Å². The van der Waals surface area contributed by atoms with Gasteiger partial charge in [0.15, 0.2) is 0 Å². The van der Waals surface area contributed by atoms with E-state index in [1.807, 2.05) is 62.3 Å². The highest BCUT2D eigenvalue weighted by atomic mass is 14.2. The molecule has 0 amide bonds. The summed E-state index contributed by atoms with van der Waals surface area (Å²) in [6.07, 6.45) is -0.391. The SMILES string of the molecule is [2H]C([2H])(C)C(C)(C)C.[2H]C([2H])(C)C([2H])([2H])CCCC(C)(C)C.[2H]C([2H])([2H])C([2H])([2H])CCC(C)(C)C.[2H]C([2H])([2H])CC(C)(C)C.[2H]C([2H])([2H])CCC(C)(C)C.[2H]C([2H])([2H])CCCC(C)(C)C. The summed E-state index contributed by atoms with van der Waals surface area (Å²) < 4.78 is 143. The molecule has 0 fully saturated rings.